The van der Waals surface area contributed by atoms with Gasteiger partial charge in [0.2, 0.25) is 0 Å². The molecule has 1 heterocycles. The van der Waals surface area contributed by atoms with Crippen molar-refractivity contribution in [1.82, 2.24) is 0 Å². The molecule has 1 aliphatic heterocycles. The van der Waals surface area contributed by atoms with Crippen LogP contribution in [0.2, 0.25) is 0 Å². The van der Waals surface area contributed by atoms with Crippen LogP contribution in [0.5, 0.6) is 0 Å². The van der Waals surface area contributed by atoms with Gasteiger partial charge in [0.05, 0.1) is 17.9 Å². The highest BCUT2D eigenvalue weighted by molar-refractivity contribution is 9.10. The maximum Gasteiger partial charge on any atom is 0.277 e. The molecule has 3 aromatic rings. The van der Waals surface area contributed by atoms with Crippen molar-refractivity contribution >= 4 is 38.9 Å². The molecule has 0 N–H and O–H groups in total. The predicted molar refractivity (Wildman–Crippen MR) is 109 cm³/mol. The molecule has 0 aliphatic carbocycles. The van der Waals surface area contributed by atoms with Gasteiger partial charge in [-0.05, 0) is 55.0 Å². The average Bonchev–Trinajstić information content (AvgIpc) is 2.90. The fraction of sp³-hybridized carbons (Fsp3) is 0.0909. The number of benzene rings is 3. The highest BCUT2D eigenvalue weighted by Gasteiger charge is 2.34. The highest BCUT2D eigenvalue weighted by atomic mass is 79.9. The van der Waals surface area contributed by atoms with E-state index in [0.717, 1.165) is 32.5 Å². The van der Waals surface area contributed by atoms with E-state index in [4.69, 9.17) is 0 Å². The minimum atomic E-state index is -0.294. The summed E-state index contributed by atoms with van der Waals surface area (Å²) >= 11 is 3.48. The van der Waals surface area contributed by atoms with Crippen LogP contribution in [0, 0.1) is 12.7 Å². The van der Waals surface area contributed by atoms with Gasteiger partial charge in [0.15, 0.2) is 0 Å². The molecule has 4 rings (SSSR count). The number of amides is 1. The zero-order chi connectivity index (χ0) is 19.0. The van der Waals surface area contributed by atoms with Crippen LogP contribution in [0.25, 0.3) is 0 Å². The number of carbonyl (C=O) groups excluding carboxylic acids is 1. The Hall–Kier alpha value is -2.79. The molecular weight excluding hydrogens is 407 g/mol. The topological polar surface area (TPSA) is 32.7 Å². The third kappa shape index (κ3) is 3.55. The van der Waals surface area contributed by atoms with Crippen molar-refractivity contribution in [1.29, 1.82) is 0 Å². The summed E-state index contributed by atoms with van der Waals surface area (Å²) in [6, 6.07) is 19.6. The Morgan fingerprint density at radius 1 is 1.00 bits per heavy atom. The number of aryl methyl sites for hydroxylation is 1. The molecule has 0 radical (unpaired) electrons. The van der Waals surface area contributed by atoms with E-state index in [0.29, 0.717) is 12.3 Å². The SMILES string of the molecule is Cc1ccc(N=C2C(=O)N(Cc3ccc(F)cc3)c3ccc(Br)cc32)cc1. The van der Waals surface area contributed by atoms with Gasteiger partial charge in [-0.25, -0.2) is 9.38 Å². The summed E-state index contributed by atoms with van der Waals surface area (Å²) in [7, 11) is 0. The average molecular weight is 423 g/mol. The van der Waals surface area contributed by atoms with Gasteiger partial charge in [0.25, 0.3) is 5.91 Å². The maximum absolute atomic E-state index is 13.2. The summed E-state index contributed by atoms with van der Waals surface area (Å²) in [5, 5.41) is 0. The molecule has 0 saturated carbocycles. The lowest BCUT2D eigenvalue weighted by Gasteiger charge is -2.17. The van der Waals surface area contributed by atoms with Crippen LogP contribution >= 0.6 is 15.9 Å². The fourth-order valence-electron chi connectivity index (χ4n) is 3.07. The van der Waals surface area contributed by atoms with Crippen LogP contribution in [-0.2, 0) is 11.3 Å². The summed E-state index contributed by atoms with van der Waals surface area (Å²) < 4.78 is 14.1. The molecule has 134 valence electrons. The number of carbonyl (C=O) groups is 1. The van der Waals surface area contributed by atoms with Crippen molar-refractivity contribution in [3.8, 4) is 0 Å². The van der Waals surface area contributed by atoms with Crippen LogP contribution in [0.4, 0.5) is 15.8 Å². The molecule has 1 aliphatic rings. The zero-order valence-corrected chi connectivity index (χ0v) is 16.2. The maximum atomic E-state index is 13.2. The standard InChI is InChI=1S/C22H16BrFN2O/c1-14-2-9-18(10-3-14)25-21-19-12-16(23)6-11-20(19)26(22(21)27)13-15-4-7-17(24)8-5-15/h2-12H,13H2,1H3. The van der Waals surface area contributed by atoms with E-state index < -0.39 is 0 Å². The first-order valence-electron chi connectivity index (χ1n) is 8.53. The lowest BCUT2D eigenvalue weighted by atomic mass is 10.1. The van der Waals surface area contributed by atoms with Gasteiger partial charge in [0, 0.05) is 10.0 Å². The van der Waals surface area contributed by atoms with Crippen LogP contribution in [0.1, 0.15) is 16.7 Å². The Balaban J connectivity index is 1.75. The van der Waals surface area contributed by atoms with E-state index in [-0.39, 0.29) is 11.7 Å². The van der Waals surface area contributed by atoms with Crippen LogP contribution in [0.3, 0.4) is 0 Å². The predicted octanol–water partition coefficient (Wildman–Crippen LogP) is 5.56. The van der Waals surface area contributed by atoms with Crippen molar-refractivity contribution in [3.05, 3.63) is 93.7 Å². The molecule has 27 heavy (non-hydrogen) atoms. The van der Waals surface area contributed by atoms with E-state index in [9.17, 15) is 9.18 Å². The lowest BCUT2D eigenvalue weighted by molar-refractivity contribution is -0.112. The second kappa shape index (κ2) is 7.08. The second-order valence-corrected chi connectivity index (χ2v) is 7.39. The summed E-state index contributed by atoms with van der Waals surface area (Å²) in [6.45, 7) is 2.37. The summed E-state index contributed by atoms with van der Waals surface area (Å²) in [5.41, 5.74) is 4.74. The van der Waals surface area contributed by atoms with Crippen molar-refractivity contribution in [2.45, 2.75) is 13.5 Å². The third-order valence-electron chi connectivity index (χ3n) is 4.48. The molecule has 0 fully saturated rings. The van der Waals surface area contributed by atoms with Gasteiger partial charge >= 0.3 is 0 Å². The number of nitrogens with zero attached hydrogens (tertiary/aromatic N) is 2. The lowest BCUT2D eigenvalue weighted by Crippen LogP contribution is -2.29. The molecule has 3 nitrogen and oxygen atoms in total. The molecule has 0 atom stereocenters. The van der Waals surface area contributed by atoms with E-state index in [1.54, 1.807) is 17.0 Å². The minimum Gasteiger partial charge on any atom is -0.302 e. The summed E-state index contributed by atoms with van der Waals surface area (Å²) in [5.74, 6) is -0.453. The monoisotopic (exact) mass is 422 g/mol. The highest BCUT2D eigenvalue weighted by Crippen LogP contribution is 2.34. The summed E-state index contributed by atoms with van der Waals surface area (Å²) in [6.07, 6.45) is 0. The van der Waals surface area contributed by atoms with Crippen molar-refractivity contribution in [2.75, 3.05) is 4.90 Å². The number of fused-ring (bicyclic) bond motifs is 1. The molecule has 0 spiro atoms. The Labute approximate surface area is 165 Å². The van der Waals surface area contributed by atoms with E-state index >= 15 is 0 Å². The Morgan fingerprint density at radius 2 is 1.70 bits per heavy atom. The molecule has 0 aromatic heterocycles. The molecule has 0 unspecified atom stereocenters. The summed E-state index contributed by atoms with van der Waals surface area (Å²) in [4.78, 5) is 19.4. The molecular formula is C22H16BrFN2O. The van der Waals surface area contributed by atoms with Crippen LogP contribution in [-0.4, -0.2) is 11.6 Å². The number of hydrogen-bond donors (Lipinski definition) is 0. The number of anilines is 1. The Bertz CT molecular complexity index is 1040. The minimum absolute atomic E-state index is 0.159. The normalized spacial score (nSPS) is 14.7. The molecule has 0 saturated heterocycles. The van der Waals surface area contributed by atoms with Crippen molar-refractivity contribution in [3.63, 3.8) is 0 Å². The Kier molecular flexibility index (Phi) is 4.62. The van der Waals surface area contributed by atoms with Gasteiger partial charge in [-0.2, -0.15) is 0 Å². The van der Waals surface area contributed by atoms with Crippen LogP contribution in [0.15, 0.2) is 76.2 Å². The number of halogens is 2. The first kappa shape index (κ1) is 17.6. The van der Waals surface area contributed by atoms with Crippen LogP contribution < -0.4 is 4.90 Å². The van der Waals surface area contributed by atoms with Gasteiger partial charge < -0.3 is 4.90 Å². The first-order valence-corrected chi connectivity index (χ1v) is 9.32. The van der Waals surface area contributed by atoms with E-state index in [2.05, 4.69) is 20.9 Å². The molecule has 3 aromatic carbocycles. The van der Waals surface area contributed by atoms with Gasteiger partial charge in [0.1, 0.15) is 11.5 Å². The smallest absolute Gasteiger partial charge is 0.277 e. The van der Waals surface area contributed by atoms with E-state index in [1.807, 2.05) is 49.4 Å². The van der Waals surface area contributed by atoms with Crippen molar-refractivity contribution < 1.29 is 9.18 Å². The van der Waals surface area contributed by atoms with Crippen molar-refractivity contribution in [2.24, 2.45) is 4.99 Å². The molecule has 5 heteroatoms. The van der Waals surface area contributed by atoms with Gasteiger partial charge in [-0.1, -0.05) is 45.8 Å². The third-order valence-corrected chi connectivity index (χ3v) is 4.97. The zero-order valence-electron chi connectivity index (χ0n) is 14.6. The molecule has 0 bridgehead atoms. The Morgan fingerprint density at radius 3 is 2.41 bits per heavy atom. The first-order chi connectivity index (χ1) is 13.0. The van der Waals surface area contributed by atoms with Gasteiger partial charge in [-0.3, -0.25) is 4.79 Å². The largest absolute Gasteiger partial charge is 0.302 e. The fourth-order valence-corrected chi connectivity index (χ4v) is 3.43. The van der Waals surface area contributed by atoms with E-state index in [1.165, 1.54) is 12.1 Å². The second-order valence-electron chi connectivity index (χ2n) is 6.48. The number of hydrogen-bond acceptors (Lipinski definition) is 2. The van der Waals surface area contributed by atoms with Gasteiger partial charge in [-0.15, -0.1) is 0 Å². The quantitative estimate of drug-likeness (QED) is 0.543. The molecule has 1 amide bonds. The number of rotatable bonds is 3. The number of aliphatic imine (C=N–C) groups is 1.